The van der Waals surface area contributed by atoms with Crippen LogP contribution in [0.4, 0.5) is 5.69 Å². The third-order valence-electron chi connectivity index (χ3n) is 3.79. The molecule has 2 aromatic rings. The Morgan fingerprint density at radius 2 is 1.85 bits per heavy atom. The van der Waals surface area contributed by atoms with Crippen LogP contribution in [-0.2, 0) is 14.8 Å². The lowest BCUT2D eigenvalue weighted by Gasteiger charge is -2.17. The maximum Gasteiger partial charge on any atom is 0.244 e. The van der Waals surface area contributed by atoms with E-state index in [0.717, 1.165) is 11.1 Å². The van der Waals surface area contributed by atoms with E-state index in [0.29, 0.717) is 10.7 Å². The molecule has 0 fully saturated rings. The Balaban J connectivity index is 2.20. The van der Waals surface area contributed by atoms with Crippen LogP contribution in [0.5, 0.6) is 5.75 Å². The Morgan fingerprint density at radius 1 is 1.15 bits per heavy atom. The van der Waals surface area contributed by atoms with Crippen LogP contribution in [0.2, 0.25) is 5.02 Å². The third-order valence-corrected chi connectivity index (χ3v) is 5.59. The molecule has 0 heterocycles. The van der Waals surface area contributed by atoms with Crippen molar-refractivity contribution in [2.75, 3.05) is 12.4 Å². The van der Waals surface area contributed by atoms with Gasteiger partial charge in [-0.15, -0.1) is 0 Å². The van der Waals surface area contributed by atoms with Gasteiger partial charge in [0.2, 0.25) is 15.9 Å². The number of amides is 1. The van der Waals surface area contributed by atoms with Gasteiger partial charge in [0.05, 0.1) is 13.2 Å². The number of ether oxygens (including phenoxy) is 1. The SMILES string of the molecule is COc1ccc(C)cc1S(=O)(=O)N[C@@H](C)C(=O)Nc1cc(Cl)ccc1C. The first kappa shape index (κ1) is 20.2. The lowest BCUT2D eigenvalue weighted by atomic mass is 10.2. The van der Waals surface area contributed by atoms with Crippen molar-refractivity contribution >= 4 is 33.2 Å². The van der Waals surface area contributed by atoms with E-state index in [9.17, 15) is 13.2 Å². The van der Waals surface area contributed by atoms with Crippen LogP contribution in [0.25, 0.3) is 0 Å². The first-order valence-corrected chi connectivity index (χ1v) is 9.74. The summed E-state index contributed by atoms with van der Waals surface area (Å²) in [6.45, 7) is 5.06. The Bertz CT molecular complexity index is 929. The van der Waals surface area contributed by atoms with Crippen LogP contribution in [0.1, 0.15) is 18.1 Å². The Labute approximate surface area is 158 Å². The largest absolute Gasteiger partial charge is 0.495 e. The molecular formula is C18H21ClN2O4S. The van der Waals surface area contributed by atoms with Gasteiger partial charge in [-0.3, -0.25) is 4.79 Å². The van der Waals surface area contributed by atoms with Crippen molar-refractivity contribution in [1.29, 1.82) is 0 Å². The second-order valence-corrected chi connectivity index (χ2v) is 8.06. The normalized spacial score (nSPS) is 12.5. The number of aryl methyl sites for hydroxylation is 2. The van der Waals surface area contributed by atoms with E-state index in [1.54, 1.807) is 37.3 Å². The van der Waals surface area contributed by atoms with Crippen molar-refractivity contribution in [3.8, 4) is 5.75 Å². The lowest BCUT2D eigenvalue weighted by Crippen LogP contribution is -2.41. The quantitative estimate of drug-likeness (QED) is 0.784. The molecule has 0 aromatic heterocycles. The monoisotopic (exact) mass is 396 g/mol. The van der Waals surface area contributed by atoms with E-state index in [2.05, 4.69) is 10.0 Å². The predicted octanol–water partition coefficient (Wildman–Crippen LogP) is 3.27. The minimum absolute atomic E-state index is 0.0152. The molecule has 0 spiro atoms. The third kappa shape index (κ3) is 4.75. The zero-order valence-corrected chi connectivity index (χ0v) is 16.5. The van der Waals surface area contributed by atoms with Gasteiger partial charge in [0.25, 0.3) is 0 Å². The van der Waals surface area contributed by atoms with E-state index in [-0.39, 0.29) is 10.6 Å². The van der Waals surface area contributed by atoms with E-state index in [1.807, 2.05) is 6.92 Å². The summed E-state index contributed by atoms with van der Waals surface area (Å²) >= 11 is 5.94. The second-order valence-electron chi connectivity index (χ2n) is 5.95. The van der Waals surface area contributed by atoms with Crippen LogP contribution in [0.15, 0.2) is 41.3 Å². The van der Waals surface area contributed by atoms with Gasteiger partial charge in [0, 0.05) is 10.7 Å². The number of hydrogen-bond donors (Lipinski definition) is 2. The molecule has 0 radical (unpaired) electrons. The van der Waals surface area contributed by atoms with E-state index >= 15 is 0 Å². The highest BCUT2D eigenvalue weighted by Crippen LogP contribution is 2.25. The molecule has 1 atom stereocenters. The van der Waals surface area contributed by atoms with Gasteiger partial charge >= 0.3 is 0 Å². The van der Waals surface area contributed by atoms with Crippen molar-refractivity contribution in [3.63, 3.8) is 0 Å². The lowest BCUT2D eigenvalue weighted by molar-refractivity contribution is -0.117. The number of carbonyl (C=O) groups excluding carboxylic acids is 1. The van der Waals surface area contributed by atoms with Crippen molar-refractivity contribution in [2.45, 2.75) is 31.7 Å². The van der Waals surface area contributed by atoms with Crippen LogP contribution in [0.3, 0.4) is 0 Å². The fourth-order valence-electron chi connectivity index (χ4n) is 2.31. The molecule has 2 rings (SSSR count). The summed E-state index contributed by atoms with van der Waals surface area (Å²) in [5.41, 5.74) is 2.11. The molecule has 140 valence electrons. The zero-order chi connectivity index (χ0) is 19.5. The minimum atomic E-state index is -3.94. The van der Waals surface area contributed by atoms with Gasteiger partial charge in [-0.1, -0.05) is 23.7 Å². The molecule has 6 nitrogen and oxygen atoms in total. The first-order valence-electron chi connectivity index (χ1n) is 7.88. The molecule has 0 aliphatic carbocycles. The summed E-state index contributed by atoms with van der Waals surface area (Å²) in [6, 6.07) is 8.91. The Kier molecular flexibility index (Phi) is 6.28. The summed E-state index contributed by atoms with van der Waals surface area (Å²) in [5, 5.41) is 3.16. The maximum absolute atomic E-state index is 12.7. The summed E-state index contributed by atoms with van der Waals surface area (Å²) in [7, 11) is -2.55. The molecule has 0 unspecified atom stereocenters. The fraction of sp³-hybridized carbons (Fsp3) is 0.278. The summed E-state index contributed by atoms with van der Waals surface area (Å²) in [4.78, 5) is 12.4. The van der Waals surface area contributed by atoms with Crippen LogP contribution < -0.4 is 14.8 Å². The topological polar surface area (TPSA) is 84.5 Å². The number of sulfonamides is 1. The number of hydrogen-bond acceptors (Lipinski definition) is 4. The number of methoxy groups -OCH3 is 1. The van der Waals surface area contributed by atoms with Crippen LogP contribution >= 0.6 is 11.6 Å². The van der Waals surface area contributed by atoms with Gasteiger partial charge in [-0.25, -0.2) is 8.42 Å². The van der Waals surface area contributed by atoms with Gasteiger partial charge in [-0.05, 0) is 56.2 Å². The summed E-state index contributed by atoms with van der Waals surface area (Å²) < 4.78 is 32.8. The van der Waals surface area contributed by atoms with E-state index < -0.39 is 22.0 Å². The van der Waals surface area contributed by atoms with Gasteiger partial charge < -0.3 is 10.1 Å². The molecule has 0 aliphatic rings. The second kappa shape index (κ2) is 8.07. The van der Waals surface area contributed by atoms with Crippen LogP contribution in [0, 0.1) is 13.8 Å². The average Bonchev–Trinajstić information content (AvgIpc) is 2.57. The molecule has 0 saturated carbocycles. The van der Waals surface area contributed by atoms with Gasteiger partial charge in [0.1, 0.15) is 10.6 Å². The number of anilines is 1. The van der Waals surface area contributed by atoms with Gasteiger partial charge in [-0.2, -0.15) is 4.72 Å². The molecule has 8 heteroatoms. The molecule has 1 amide bonds. The highest BCUT2D eigenvalue weighted by molar-refractivity contribution is 7.89. The van der Waals surface area contributed by atoms with Crippen molar-refractivity contribution < 1.29 is 17.9 Å². The number of carbonyl (C=O) groups is 1. The van der Waals surface area contributed by atoms with Crippen molar-refractivity contribution in [2.24, 2.45) is 0 Å². The predicted molar refractivity (Wildman–Crippen MR) is 102 cm³/mol. The number of nitrogens with one attached hydrogen (secondary N) is 2. The highest BCUT2D eigenvalue weighted by Gasteiger charge is 2.25. The maximum atomic E-state index is 12.7. The smallest absolute Gasteiger partial charge is 0.244 e. The Morgan fingerprint density at radius 3 is 2.50 bits per heavy atom. The number of benzene rings is 2. The van der Waals surface area contributed by atoms with Crippen molar-refractivity contribution in [1.82, 2.24) is 4.72 Å². The molecular weight excluding hydrogens is 376 g/mol. The number of rotatable bonds is 6. The zero-order valence-electron chi connectivity index (χ0n) is 15.0. The summed E-state index contributed by atoms with van der Waals surface area (Å²) in [6.07, 6.45) is 0. The highest BCUT2D eigenvalue weighted by atomic mass is 35.5. The molecule has 0 saturated heterocycles. The van der Waals surface area contributed by atoms with Crippen molar-refractivity contribution in [3.05, 3.63) is 52.5 Å². The molecule has 26 heavy (non-hydrogen) atoms. The first-order chi connectivity index (χ1) is 12.1. The molecule has 2 aromatic carbocycles. The van der Waals surface area contributed by atoms with E-state index in [1.165, 1.54) is 20.1 Å². The van der Waals surface area contributed by atoms with Gasteiger partial charge in [0.15, 0.2) is 0 Å². The minimum Gasteiger partial charge on any atom is -0.495 e. The molecule has 0 bridgehead atoms. The standard InChI is InChI=1S/C18H21ClN2O4S/c1-11-5-8-16(25-4)17(9-11)26(23,24)21-13(3)18(22)20-15-10-14(19)7-6-12(15)2/h5-10,13,21H,1-4H3,(H,20,22)/t13-/m0/s1. The summed E-state index contributed by atoms with van der Waals surface area (Å²) in [5.74, 6) is -0.285. The number of halogens is 1. The van der Waals surface area contributed by atoms with Crippen LogP contribution in [-0.4, -0.2) is 27.5 Å². The van der Waals surface area contributed by atoms with E-state index in [4.69, 9.17) is 16.3 Å². The molecule has 0 aliphatic heterocycles. The fourth-order valence-corrected chi connectivity index (χ4v) is 3.94. The Hall–Kier alpha value is -2.09. The molecule has 2 N–H and O–H groups in total. The average molecular weight is 397 g/mol.